The molecule has 0 aromatic rings. The van der Waals surface area contributed by atoms with Crippen molar-refractivity contribution >= 4 is 18.5 Å². The van der Waals surface area contributed by atoms with E-state index in [2.05, 4.69) is 17.6 Å². The molecule has 0 bridgehead atoms. The number of hydrogen-bond donors (Lipinski definition) is 2. The molecule has 0 aliphatic rings. The van der Waals surface area contributed by atoms with Crippen LogP contribution in [0.5, 0.6) is 0 Å². The van der Waals surface area contributed by atoms with E-state index in [4.69, 9.17) is 9.47 Å². The van der Waals surface area contributed by atoms with Crippen LogP contribution in [0.3, 0.4) is 0 Å². The minimum absolute atomic E-state index is 0. The molecule has 0 spiro atoms. The predicted molar refractivity (Wildman–Crippen MR) is 88.7 cm³/mol. The first-order valence-corrected chi connectivity index (χ1v) is 7.70. The standard InChI is InChI=1S/C9H19NO2.C7H12NO3.Fm/c1-5-6-7-10-8(11)12-9(2,3)4;1-7(2,3)11-6(10)4-8-5-9;/h5-7H2,1-4H3,(H,10,11);4H2,1-3H3,(H,8,9);/q;-1;. The second-order valence-corrected chi connectivity index (χ2v) is 6.82. The van der Waals surface area contributed by atoms with Gasteiger partial charge in [-0.05, 0) is 48.0 Å². The zero-order valence-corrected chi connectivity index (χ0v) is 18.1. The largest absolute Gasteiger partial charge is 0.521 e. The Morgan fingerprint density at radius 2 is 1.50 bits per heavy atom. The number of ether oxygens (including phenoxy) is 2. The summed E-state index contributed by atoms with van der Waals surface area (Å²) in [6, 6.07) is 0. The van der Waals surface area contributed by atoms with Crippen molar-refractivity contribution in [2.45, 2.75) is 72.5 Å². The average molecular weight is 588 g/mol. The molecule has 24 heavy (non-hydrogen) atoms. The summed E-state index contributed by atoms with van der Waals surface area (Å²) in [5, 5.41) is 4.77. The van der Waals surface area contributed by atoms with Crippen LogP contribution >= 0.6 is 0 Å². The second-order valence-electron chi connectivity index (χ2n) is 6.82. The summed E-state index contributed by atoms with van der Waals surface area (Å²) in [5.74, 6) is -0.458. The zero-order chi connectivity index (χ0) is 18.5. The zero-order valence-electron chi connectivity index (χ0n) is 15.7. The Bertz CT molecular complexity index is 362. The van der Waals surface area contributed by atoms with Crippen LogP contribution in [0.4, 0.5) is 4.79 Å². The predicted octanol–water partition coefficient (Wildman–Crippen LogP) is 2.30. The first-order chi connectivity index (χ1) is 10.4. The third-order valence-corrected chi connectivity index (χ3v) is 1.92. The Hall–Kier alpha value is -2.79. The summed E-state index contributed by atoms with van der Waals surface area (Å²) >= 11 is 0. The van der Waals surface area contributed by atoms with Gasteiger partial charge >= 0.3 is 12.1 Å². The fourth-order valence-corrected chi connectivity index (χ4v) is 1.17. The number of nitrogens with one attached hydrogen (secondary N) is 2. The Morgan fingerprint density at radius 3 is 1.88 bits per heavy atom. The van der Waals surface area contributed by atoms with Gasteiger partial charge in [-0.25, -0.2) is 4.79 Å². The molecule has 0 fully saturated rings. The summed E-state index contributed by atoms with van der Waals surface area (Å²) in [6.45, 7) is 13.5. The molecule has 8 heteroatoms. The molecule has 0 saturated carbocycles. The molecule has 148 valence electrons. The van der Waals surface area contributed by atoms with Crippen LogP contribution in [-0.4, -0.2) is 42.8 Å². The number of rotatable bonds is 6. The smallest absolute Gasteiger partial charge is 0.407 e. The summed E-state index contributed by atoms with van der Waals surface area (Å²) in [7, 11) is 0. The molecular formula is C16H31FmN2O5-. The van der Waals surface area contributed by atoms with E-state index in [-0.39, 0.29) is 12.6 Å². The van der Waals surface area contributed by atoms with Gasteiger partial charge in [-0.2, -0.15) is 6.41 Å². The molecule has 0 aromatic carbocycles. The number of alkyl carbamates (subject to hydrolysis) is 1. The molecule has 0 saturated heterocycles. The molecule has 0 unspecified atom stereocenters. The van der Waals surface area contributed by atoms with Crippen LogP contribution in [0.25, 0.3) is 0 Å². The van der Waals surface area contributed by atoms with Crippen LogP contribution in [0, 0.1) is 0 Å². The van der Waals surface area contributed by atoms with Crippen molar-refractivity contribution in [2.75, 3.05) is 13.1 Å². The number of amides is 2. The Kier molecular flexibility index (Phi) is 13.9. The monoisotopic (exact) mass is 588 g/mol. The van der Waals surface area contributed by atoms with Crippen molar-refractivity contribution in [1.29, 1.82) is 0 Å². The van der Waals surface area contributed by atoms with Crippen molar-refractivity contribution in [3.63, 3.8) is 0 Å². The van der Waals surface area contributed by atoms with Crippen LogP contribution in [-0.2, 0) is 19.1 Å². The van der Waals surface area contributed by atoms with Gasteiger partial charge < -0.3 is 24.9 Å². The van der Waals surface area contributed by atoms with E-state index in [1.165, 1.54) is 6.41 Å². The molecule has 0 radical (unpaired) electrons. The van der Waals surface area contributed by atoms with Gasteiger partial charge in [0.25, 0.3) is 0 Å². The minimum atomic E-state index is -0.498. The van der Waals surface area contributed by atoms with E-state index in [0.29, 0.717) is 6.54 Å². The molecular weight excluding hydrogens is 557 g/mol. The molecule has 0 aliphatic heterocycles. The first-order valence-electron chi connectivity index (χ1n) is 7.70. The summed E-state index contributed by atoms with van der Waals surface area (Å²) in [4.78, 5) is 31.4. The van der Waals surface area contributed by atoms with Crippen LogP contribution in [0.1, 0.15) is 61.3 Å². The fraction of sp³-hybridized carbons (Fsp3) is 0.812. The van der Waals surface area contributed by atoms with E-state index < -0.39 is 17.2 Å². The van der Waals surface area contributed by atoms with E-state index >= 15 is 0 Å². The summed E-state index contributed by atoms with van der Waals surface area (Å²) < 4.78 is 9.89. The Morgan fingerprint density at radius 1 is 1.00 bits per heavy atom. The maximum absolute atomic E-state index is 11.0. The number of esters is 1. The maximum Gasteiger partial charge on any atom is 0.407 e. The van der Waals surface area contributed by atoms with Gasteiger partial charge in [-0.1, -0.05) is 13.3 Å². The van der Waals surface area contributed by atoms with Gasteiger partial charge in [0.05, 0.1) is 6.54 Å². The van der Waals surface area contributed by atoms with Crippen LogP contribution in [0.2, 0.25) is 0 Å². The molecule has 0 atom stereocenters. The maximum atomic E-state index is 11.0. The van der Waals surface area contributed by atoms with Gasteiger partial charge in [0.2, 0.25) is 0 Å². The third-order valence-electron chi connectivity index (χ3n) is 1.92. The van der Waals surface area contributed by atoms with Gasteiger partial charge in [0, 0.05) is 6.54 Å². The van der Waals surface area contributed by atoms with Crippen LogP contribution < -0.4 is 10.6 Å². The van der Waals surface area contributed by atoms with Crippen molar-refractivity contribution in [3.8, 4) is 0 Å². The van der Waals surface area contributed by atoms with Gasteiger partial charge in [0.15, 0.2) is 0 Å². The number of unbranched alkanes of at least 4 members (excludes halogenated alkanes) is 1. The van der Waals surface area contributed by atoms with Crippen molar-refractivity contribution in [3.05, 3.63) is 0 Å². The normalized spacial score (nSPS) is 10.3. The average Bonchev–Trinajstić information content (AvgIpc) is 2.33. The molecule has 7 nitrogen and oxygen atoms in total. The Labute approximate surface area is 139 Å². The van der Waals surface area contributed by atoms with Gasteiger partial charge in [-0.15, -0.1) is 0 Å². The van der Waals surface area contributed by atoms with E-state index in [1.54, 1.807) is 20.8 Å². The van der Waals surface area contributed by atoms with E-state index in [0.717, 1.165) is 12.8 Å². The fourth-order valence-electron chi connectivity index (χ4n) is 1.17. The first kappa shape index (κ1) is 26.1. The van der Waals surface area contributed by atoms with Crippen LogP contribution in [0.15, 0.2) is 0 Å². The number of carbonyl (C=O) groups is 2. The molecule has 0 heterocycles. The number of hydrogen-bond acceptors (Lipinski definition) is 5. The summed E-state index contributed by atoms with van der Waals surface area (Å²) in [5.41, 5.74) is -0.891. The molecule has 0 aliphatic carbocycles. The van der Waals surface area contributed by atoms with E-state index in [9.17, 15) is 14.4 Å². The second kappa shape index (κ2) is 12.7. The molecule has 2 N–H and O–H groups in total. The quantitative estimate of drug-likeness (QED) is 0.215. The third kappa shape index (κ3) is 24.2. The summed E-state index contributed by atoms with van der Waals surface area (Å²) in [6.07, 6.45) is 3.14. The minimum Gasteiger partial charge on any atom is -0.521 e. The molecule has 0 aromatic heterocycles. The van der Waals surface area contributed by atoms with Gasteiger partial charge in [-0.3, -0.25) is 4.79 Å². The number of carbonyl (C=O) groups excluding carboxylic acids is 3. The topological polar surface area (TPSA) is 93.7 Å². The molecule has 0 rings (SSSR count). The van der Waals surface area contributed by atoms with E-state index in [1.807, 2.05) is 20.8 Å². The van der Waals surface area contributed by atoms with Gasteiger partial charge in [0.1, 0.15) is 11.2 Å². The SMILES string of the molecule is CC(C)(C)OC(=O)CN[C-]=O.CCCCNC(=O)OC(C)(C)C.[Fm]. The van der Waals surface area contributed by atoms with Crippen molar-refractivity contribution < 1.29 is 23.9 Å². The molecule has 2 amide bonds. The van der Waals surface area contributed by atoms with Crippen molar-refractivity contribution in [2.24, 2.45) is 0 Å². The van der Waals surface area contributed by atoms with Crippen molar-refractivity contribution in [1.82, 2.24) is 10.6 Å². The Balaban J connectivity index is -0.000000354.